The van der Waals surface area contributed by atoms with Gasteiger partial charge >= 0.3 is 5.97 Å². The average Bonchev–Trinajstić information content (AvgIpc) is 3.10. The molecule has 1 heterocycles. The van der Waals surface area contributed by atoms with Crippen molar-refractivity contribution in [1.29, 1.82) is 0 Å². The maximum atomic E-state index is 12.5. The highest BCUT2D eigenvalue weighted by atomic mass is 35.5. The zero-order chi connectivity index (χ0) is 19.8. The van der Waals surface area contributed by atoms with Crippen molar-refractivity contribution in [2.75, 3.05) is 26.2 Å². The number of aromatic nitrogens is 1. The predicted octanol–water partition coefficient (Wildman–Crippen LogP) is 5.92. The molecule has 0 atom stereocenters. The number of hydrogen-bond donors (Lipinski definition) is 1. The molecule has 0 amide bonds. The van der Waals surface area contributed by atoms with Gasteiger partial charge in [-0.3, -0.25) is 0 Å². The molecular weight excluding hydrogens is 384 g/mol. The van der Waals surface area contributed by atoms with Crippen LogP contribution in [0.4, 0.5) is 0 Å². The van der Waals surface area contributed by atoms with Crippen LogP contribution in [-0.4, -0.2) is 42.1 Å². The highest BCUT2D eigenvalue weighted by Crippen LogP contribution is 2.29. The summed E-state index contributed by atoms with van der Waals surface area (Å²) in [4.78, 5) is 18.6. The number of unbranched alkanes of at least 4 members (excludes halogenated alkanes) is 2. The molecule has 3 rings (SSSR count). The van der Waals surface area contributed by atoms with E-state index in [1.165, 1.54) is 55.2 Å². The number of carbonyl (C=O) groups is 1. The Kier molecular flexibility index (Phi) is 10.0. The standard InChI is InChI=1S/C24H36N2O2.ClH/c1-3-5-14-26(15-6-4-2)16-9-17-28-24(27)19-12-13-23-21(18-19)20-10-7-8-11-22(20)25-23;/h12-13,18,25H,3-11,14-17H2,1-2H3;1H. The Morgan fingerprint density at radius 2 is 1.72 bits per heavy atom. The maximum Gasteiger partial charge on any atom is 0.338 e. The van der Waals surface area contributed by atoms with Crippen molar-refractivity contribution in [2.24, 2.45) is 0 Å². The molecule has 0 radical (unpaired) electrons. The second kappa shape index (κ2) is 12.2. The van der Waals surface area contributed by atoms with Crippen LogP contribution in [0.15, 0.2) is 18.2 Å². The van der Waals surface area contributed by atoms with Gasteiger partial charge < -0.3 is 14.6 Å². The highest BCUT2D eigenvalue weighted by Gasteiger charge is 2.17. The Hall–Kier alpha value is -1.52. The molecule has 0 bridgehead atoms. The second-order valence-electron chi connectivity index (χ2n) is 8.09. The van der Waals surface area contributed by atoms with Crippen molar-refractivity contribution in [3.63, 3.8) is 0 Å². The van der Waals surface area contributed by atoms with Gasteiger partial charge in [0.15, 0.2) is 0 Å². The van der Waals surface area contributed by atoms with E-state index in [2.05, 4.69) is 23.7 Å². The molecule has 5 heteroatoms. The number of benzene rings is 1. The van der Waals surface area contributed by atoms with Gasteiger partial charge in [0.1, 0.15) is 0 Å². The molecule has 1 aromatic heterocycles. The Morgan fingerprint density at radius 1 is 1.03 bits per heavy atom. The summed E-state index contributed by atoms with van der Waals surface area (Å²) in [6.45, 7) is 8.28. The third-order valence-corrected chi connectivity index (χ3v) is 5.84. The molecule has 0 saturated carbocycles. The number of aromatic amines is 1. The lowest BCUT2D eigenvalue weighted by Crippen LogP contribution is -2.28. The second-order valence-corrected chi connectivity index (χ2v) is 8.09. The fraction of sp³-hybridized carbons (Fsp3) is 0.625. The number of fused-ring (bicyclic) bond motifs is 3. The molecule has 2 aromatic rings. The van der Waals surface area contributed by atoms with Gasteiger partial charge in [-0.25, -0.2) is 4.79 Å². The van der Waals surface area contributed by atoms with Gasteiger partial charge in [-0.15, -0.1) is 12.4 Å². The van der Waals surface area contributed by atoms with Crippen molar-refractivity contribution >= 4 is 29.3 Å². The smallest absolute Gasteiger partial charge is 0.338 e. The molecule has 1 aromatic carbocycles. The van der Waals surface area contributed by atoms with E-state index < -0.39 is 0 Å². The number of aryl methyl sites for hydroxylation is 2. The van der Waals surface area contributed by atoms with E-state index >= 15 is 0 Å². The summed E-state index contributed by atoms with van der Waals surface area (Å²) in [5.41, 5.74) is 4.57. The maximum absolute atomic E-state index is 12.5. The van der Waals surface area contributed by atoms with Crippen molar-refractivity contribution in [2.45, 2.75) is 71.6 Å². The van der Waals surface area contributed by atoms with Crippen molar-refractivity contribution < 1.29 is 9.53 Å². The minimum Gasteiger partial charge on any atom is -0.462 e. The lowest BCUT2D eigenvalue weighted by Gasteiger charge is -2.21. The fourth-order valence-corrected chi connectivity index (χ4v) is 4.17. The zero-order valence-corrected chi connectivity index (χ0v) is 18.9. The third kappa shape index (κ3) is 6.48. The van der Waals surface area contributed by atoms with Gasteiger partial charge in [0.25, 0.3) is 0 Å². The number of ether oxygens (including phenoxy) is 1. The number of rotatable bonds is 11. The van der Waals surface area contributed by atoms with Crippen LogP contribution in [0.1, 0.15) is 80.4 Å². The van der Waals surface area contributed by atoms with Crippen LogP contribution in [0.2, 0.25) is 0 Å². The SMILES string of the molecule is CCCCN(CCCC)CCCOC(=O)c1ccc2[nH]c3c(c2c1)CCCC3.Cl. The molecule has 29 heavy (non-hydrogen) atoms. The number of nitrogens with zero attached hydrogens (tertiary/aromatic N) is 1. The summed E-state index contributed by atoms with van der Waals surface area (Å²) in [5, 5.41) is 1.20. The summed E-state index contributed by atoms with van der Waals surface area (Å²) in [7, 11) is 0. The van der Waals surface area contributed by atoms with Gasteiger partial charge in [-0.1, -0.05) is 26.7 Å². The Labute approximate surface area is 181 Å². The molecule has 4 nitrogen and oxygen atoms in total. The first-order valence-corrected chi connectivity index (χ1v) is 11.3. The van der Waals surface area contributed by atoms with E-state index in [0.29, 0.717) is 12.2 Å². The molecule has 1 aliphatic rings. The summed E-state index contributed by atoms with van der Waals surface area (Å²) in [6.07, 6.45) is 10.6. The first-order valence-electron chi connectivity index (χ1n) is 11.3. The highest BCUT2D eigenvalue weighted by molar-refractivity contribution is 5.96. The fourth-order valence-electron chi connectivity index (χ4n) is 4.17. The van der Waals surface area contributed by atoms with E-state index in [1.807, 2.05) is 18.2 Å². The predicted molar refractivity (Wildman–Crippen MR) is 123 cm³/mol. The van der Waals surface area contributed by atoms with Crippen LogP contribution < -0.4 is 0 Å². The number of nitrogens with one attached hydrogen (secondary N) is 1. The average molecular weight is 421 g/mol. The molecule has 0 aliphatic heterocycles. The molecule has 0 spiro atoms. The molecule has 1 N–H and O–H groups in total. The normalized spacial score (nSPS) is 13.3. The van der Waals surface area contributed by atoms with E-state index in [-0.39, 0.29) is 18.4 Å². The number of H-pyrrole nitrogens is 1. The van der Waals surface area contributed by atoms with E-state index in [4.69, 9.17) is 4.74 Å². The topological polar surface area (TPSA) is 45.3 Å². The monoisotopic (exact) mass is 420 g/mol. The molecular formula is C24H37ClN2O2. The first kappa shape index (κ1) is 23.8. The van der Waals surface area contributed by atoms with Crippen LogP contribution in [0.3, 0.4) is 0 Å². The van der Waals surface area contributed by atoms with Gasteiger partial charge in [0.05, 0.1) is 12.2 Å². The first-order chi connectivity index (χ1) is 13.7. The Bertz CT molecular complexity index is 764. The van der Waals surface area contributed by atoms with Crippen LogP contribution in [0, 0.1) is 0 Å². The molecule has 162 valence electrons. The summed E-state index contributed by atoms with van der Waals surface area (Å²) >= 11 is 0. The van der Waals surface area contributed by atoms with Crippen LogP contribution in [0.5, 0.6) is 0 Å². The van der Waals surface area contributed by atoms with E-state index in [1.54, 1.807) is 0 Å². The van der Waals surface area contributed by atoms with Gasteiger partial charge in [-0.2, -0.15) is 0 Å². The van der Waals surface area contributed by atoms with Gasteiger partial charge in [-0.05, 0) is 81.8 Å². The number of carbonyl (C=O) groups excluding carboxylic acids is 1. The van der Waals surface area contributed by atoms with Gasteiger partial charge in [0.2, 0.25) is 0 Å². The number of hydrogen-bond acceptors (Lipinski definition) is 3. The van der Waals surface area contributed by atoms with Crippen molar-refractivity contribution in [1.82, 2.24) is 9.88 Å². The molecule has 0 fully saturated rings. The zero-order valence-electron chi connectivity index (χ0n) is 18.1. The van der Waals surface area contributed by atoms with Crippen LogP contribution >= 0.6 is 12.4 Å². The summed E-state index contributed by atoms with van der Waals surface area (Å²) in [6, 6.07) is 5.94. The van der Waals surface area contributed by atoms with Crippen LogP contribution in [-0.2, 0) is 17.6 Å². The molecule has 0 unspecified atom stereocenters. The minimum absolute atomic E-state index is 0. The van der Waals surface area contributed by atoms with E-state index in [9.17, 15) is 4.79 Å². The Morgan fingerprint density at radius 3 is 2.45 bits per heavy atom. The lowest BCUT2D eigenvalue weighted by atomic mass is 9.95. The third-order valence-electron chi connectivity index (χ3n) is 5.84. The van der Waals surface area contributed by atoms with Crippen molar-refractivity contribution in [3.05, 3.63) is 35.0 Å². The van der Waals surface area contributed by atoms with Crippen LogP contribution in [0.25, 0.3) is 10.9 Å². The summed E-state index contributed by atoms with van der Waals surface area (Å²) in [5.74, 6) is -0.193. The summed E-state index contributed by atoms with van der Waals surface area (Å²) < 4.78 is 5.58. The number of esters is 1. The van der Waals surface area contributed by atoms with Gasteiger partial charge in [0, 0.05) is 23.1 Å². The minimum atomic E-state index is -0.193. The number of halogens is 1. The Balaban J connectivity index is 0.00000300. The van der Waals surface area contributed by atoms with E-state index in [0.717, 1.165) is 44.4 Å². The largest absolute Gasteiger partial charge is 0.462 e. The quantitative estimate of drug-likeness (QED) is 0.362. The molecule has 1 aliphatic carbocycles. The lowest BCUT2D eigenvalue weighted by molar-refractivity contribution is 0.0488. The molecule has 0 saturated heterocycles. The van der Waals surface area contributed by atoms with Crippen molar-refractivity contribution in [3.8, 4) is 0 Å².